The van der Waals surface area contributed by atoms with Crippen LogP contribution in [0.3, 0.4) is 0 Å². The van der Waals surface area contributed by atoms with Crippen LogP contribution in [0, 0.1) is 0 Å². The summed E-state index contributed by atoms with van der Waals surface area (Å²) in [6, 6.07) is 11.2. The van der Waals surface area contributed by atoms with Crippen molar-refractivity contribution in [2.75, 3.05) is 29.2 Å². The van der Waals surface area contributed by atoms with Gasteiger partial charge in [0.15, 0.2) is 0 Å². The molecule has 5 heteroatoms. The molecule has 5 nitrogen and oxygen atoms in total. The van der Waals surface area contributed by atoms with Gasteiger partial charge < -0.3 is 20.3 Å². The van der Waals surface area contributed by atoms with Crippen molar-refractivity contribution in [3.8, 4) is 0 Å². The van der Waals surface area contributed by atoms with E-state index in [1.165, 1.54) is 11.3 Å². The normalized spacial score (nSPS) is 22.7. The molecule has 1 saturated heterocycles. The number of piperidine rings is 1. The van der Waals surface area contributed by atoms with Gasteiger partial charge in [-0.25, -0.2) is 4.98 Å². The molecule has 2 unspecified atom stereocenters. The molecular formula is C19H24N4O. The Morgan fingerprint density at radius 2 is 2.17 bits per heavy atom. The highest BCUT2D eigenvalue weighted by Gasteiger charge is 2.26. The molecule has 2 aliphatic heterocycles. The van der Waals surface area contributed by atoms with Gasteiger partial charge in [0.05, 0.1) is 17.5 Å². The second-order valence-electron chi connectivity index (χ2n) is 6.64. The van der Waals surface area contributed by atoms with E-state index in [9.17, 15) is 0 Å². The molecule has 2 atom stereocenters. The molecule has 24 heavy (non-hydrogen) atoms. The predicted molar refractivity (Wildman–Crippen MR) is 98.1 cm³/mol. The Bertz CT molecular complexity index is 733. The second kappa shape index (κ2) is 6.32. The van der Waals surface area contributed by atoms with E-state index < -0.39 is 0 Å². The molecule has 0 spiro atoms. The Balaban J connectivity index is 1.59. The minimum atomic E-state index is 0.387. The van der Waals surface area contributed by atoms with Gasteiger partial charge in [0, 0.05) is 43.7 Å². The fraction of sp³-hybridized carbons (Fsp3) is 0.421. The maximum absolute atomic E-state index is 5.53. The molecule has 0 saturated carbocycles. The highest BCUT2D eigenvalue weighted by molar-refractivity contribution is 5.80. The fourth-order valence-electron chi connectivity index (χ4n) is 3.70. The molecule has 1 aromatic heterocycles. The van der Waals surface area contributed by atoms with Crippen LogP contribution in [0.1, 0.15) is 25.3 Å². The van der Waals surface area contributed by atoms with Crippen LogP contribution in [0.5, 0.6) is 0 Å². The van der Waals surface area contributed by atoms with Gasteiger partial charge in [0.2, 0.25) is 0 Å². The first kappa shape index (κ1) is 15.3. The summed E-state index contributed by atoms with van der Waals surface area (Å²) in [5.74, 6) is 0.936. The maximum atomic E-state index is 5.53. The van der Waals surface area contributed by atoms with Crippen LogP contribution < -0.4 is 15.5 Å². The minimum Gasteiger partial charge on any atom is -0.381 e. The summed E-state index contributed by atoms with van der Waals surface area (Å²) in [5, 5.41) is 6.99. The number of anilines is 4. The van der Waals surface area contributed by atoms with Gasteiger partial charge in [-0.05, 0) is 44.0 Å². The molecule has 2 aliphatic rings. The molecule has 126 valence electrons. The molecule has 1 fully saturated rings. The second-order valence-corrected chi connectivity index (χ2v) is 6.64. The van der Waals surface area contributed by atoms with Gasteiger partial charge >= 0.3 is 0 Å². The summed E-state index contributed by atoms with van der Waals surface area (Å²) >= 11 is 0. The zero-order valence-corrected chi connectivity index (χ0v) is 14.2. The van der Waals surface area contributed by atoms with Gasteiger partial charge in [-0.15, -0.1) is 0 Å². The average Bonchev–Trinajstić information content (AvgIpc) is 2.80. The molecule has 2 N–H and O–H groups in total. The number of benzene rings is 1. The summed E-state index contributed by atoms with van der Waals surface area (Å²) in [6.45, 7) is 4.10. The Hall–Kier alpha value is -2.27. The van der Waals surface area contributed by atoms with Crippen LogP contribution in [-0.2, 0) is 11.3 Å². The Morgan fingerprint density at radius 1 is 1.25 bits per heavy atom. The number of aromatic nitrogens is 1. The zero-order chi connectivity index (χ0) is 16.5. The molecule has 3 heterocycles. The molecule has 1 aromatic carbocycles. The SMILES string of the molecule is COC1CCN(c2ccc3c(c2)NCc2cccnc2N3)C(C)C1. The van der Waals surface area contributed by atoms with Gasteiger partial charge in [-0.3, -0.25) is 0 Å². The molecule has 0 aliphatic carbocycles. The largest absolute Gasteiger partial charge is 0.381 e. The van der Waals surface area contributed by atoms with Crippen LogP contribution in [0.2, 0.25) is 0 Å². The van der Waals surface area contributed by atoms with Crippen molar-refractivity contribution in [2.45, 2.75) is 38.5 Å². The monoisotopic (exact) mass is 324 g/mol. The number of ether oxygens (including phenoxy) is 1. The van der Waals surface area contributed by atoms with Crippen LogP contribution in [-0.4, -0.2) is 30.8 Å². The average molecular weight is 324 g/mol. The van der Waals surface area contributed by atoms with Crippen LogP contribution >= 0.6 is 0 Å². The standard InChI is InChI=1S/C19H24N4O/c1-13-10-16(24-2)7-9-23(13)15-5-6-17-18(11-15)21-12-14-4-3-8-20-19(14)22-17/h3-6,8,11,13,16,21H,7,9-10,12H2,1-2H3,(H,20,22). The maximum Gasteiger partial charge on any atom is 0.135 e. The van der Waals surface area contributed by atoms with E-state index in [0.29, 0.717) is 12.1 Å². The number of nitrogens with zero attached hydrogens (tertiary/aromatic N) is 2. The number of hydrogen-bond acceptors (Lipinski definition) is 5. The smallest absolute Gasteiger partial charge is 0.135 e. The highest BCUT2D eigenvalue weighted by atomic mass is 16.5. The van der Waals surface area contributed by atoms with Crippen LogP contribution in [0.15, 0.2) is 36.5 Å². The van der Waals surface area contributed by atoms with Crippen molar-refractivity contribution in [3.63, 3.8) is 0 Å². The molecule has 2 aromatic rings. The summed E-state index contributed by atoms with van der Waals surface area (Å²) in [6.07, 6.45) is 4.37. The van der Waals surface area contributed by atoms with Crippen molar-refractivity contribution in [1.29, 1.82) is 0 Å². The summed E-state index contributed by atoms with van der Waals surface area (Å²) in [5.41, 5.74) is 4.66. The molecule has 0 amide bonds. The number of fused-ring (bicyclic) bond motifs is 2. The zero-order valence-electron chi connectivity index (χ0n) is 14.2. The highest BCUT2D eigenvalue weighted by Crippen LogP contribution is 2.35. The van der Waals surface area contributed by atoms with Crippen molar-refractivity contribution >= 4 is 22.9 Å². The molecular weight excluding hydrogens is 300 g/mol. The number of rotatable bonds is 2. The van der Waals surface area contributed by atoms with Crippen molar-refractivity contribution in [2.24, 2.45) is 0 Å². The lowest BCUT2D eigenvalue weighted by Crippen LogP contribution is -2.43. The van der Waals surface area contributed by atoms with Gasteiger partial charge in [0.25, 0.3) is 0 Å². The third kappa shape index (κ3) is 2.80. The quantitative estimate of drug-likeness (QED) is 0.881. The van der Waals surface area contributed by atoms with Crippen molar-refractivity contribution in [1.82, 2.24) is 4.98 Å². The minimum absolute atomic E-state index is 0.387. The predicted octanol–water partition coefficient (Wildman–Crippen LogP) is 3.75. The lowest BCUT2D eigenvalue weighted by atomic mass is 9.99. The first-order chi connectivity index (χ1) is 11.7. The first-order valence-corrected chi connectivity index (χ1v) is 8.63. The number of pyridine rings is 1. The Labute approximate surface area is 143 Å². The van der Waals surface area contributed by atoms with Gasteiger partial charge in [-0.2, -0.15) is 0 Å². The first-order valence-electron chi connectivity index (χ1n) is 8.63. The molecule has 0 radical (unpaired) electrons. The third-order valence-corrected chi connectivity index (χ3v) is 5.11. The van der Waals surface area contributed by atoms with E-state index in [4.69, 9.17) is 4.74 Å². The van der Waals surface area contributed by atoms with Gasteiger partial charge in [0.1, 0.15) is 5.82 Å². The van der Waals surface area contributed by atoms with E-state index >= 15 is 0 Å². The third-order valence-electron chi connectivity index (χ3n) is 5.11. The van der Waals surface area contributed by atoms with Crippen molar-refractivity contribution in [3.05, 3.63) is 42.1 Å². The van der Waals surface area contributed by atoms with E-state index in [1.807, 2.05) is 19.4 Å². The summed E-state index contributed by atoms with van der Waals surface area (Å²) in [4.78, 5) is 6.92. The lowest BCUT2D eigenvalue weighted by molar-refractivity contribution is 0.0721. The van der Waals surface area contributed by atoms with E-state index in [2.05, 4.69) is 51.7 Å². The van der Waals surface area contributed by atoms with E-state index in [0.717, 1.165) is 43.1 Å². The number of nitrogens with one attached hydrogen (secondary N) is 2. The summed E-state index contributed by atoms with van der Waals surface area (Å²) in [7, 11) is 1.82. The van der Waals surface area contributed by atoms with E-state index in [-0.39, 0.29) is 0 Å². The van der Waals surface area contributed by atoms with Crippen molar-refractivity contribution < 1.29 is 4.74 Å². The van der Waals surface area contributed by atoms with E-state index in [1.54, 1.807) is 0 Å². The fourth-order valence-corrected chi connectivity index (χ4v) is 3.70. The Morgan fingerprint density at radius 3 is 3.00 bits per heavy atom. The topological polar surface area (TPSA) is 49.4 Å². The van der Waals surface area contributed by atoms with Crippen LogP contribution in [0.4, 0.5) is 22.9 Å². The number of hydrogen-bond donors (Lipinski definition) is 2. The Kier molecular flexibility index (Phi) is 4.02. The summed E-state index contributed by atoms with van der Waals surface area (Å²) < 4.78 is 5.53. The molecule has 0 bridgehead atoms. The number of methoxy groups -OCH3 is 1. The van der Waals surface area contributed by atoms with Gasteiger partial charge in [-0.1, -0.05) is 6.07 Å². The lowest BCUT2D eigenvalue weighted by Gasteiger charge is -2.39. The molecule has 4 rings (SSSR count). The van der Waals surface area contributed by atoms with Crippen LogP contribution in [0.25, 0.3) is 0 Å².